The van der Waals surface area contributed by atoms with Gasteiger partial charge in [0.25, 0.3) is 17.1 Å². The highest BCUT2D eigenvalue weighted by molar-refractivity contribution is 6.00. The van der Waals surface area contributed by atoms with E-state index in [-0.39, 0.29) is 29.0 Å². The first kappa shape index (κ1) is 19.3. The highest BCUT2D eigenvalue weighted by Crippen LogP contribution is 2.15. The second kappa shape index (κ2) is 8.14. The molecule has 4 rings (SSSR count). The van der Waals surface area contributed by atoms with Gasteiger partial charge >= 0.3 is 0 Å². The summed E-state index contributed by atoms with van der Waals surface area (Å²) in [6.07, 6.45) is 3.57. The van der Waals surface area contributed by atoms with Gasteiger partial charge in [0.2, 0.25) is 11.5 Å². The normalized spacial score (nSPS) is 16.5. The van der Waals surface area contributed by atoms with Gasteiger partial charge in [0.1, 0.15) is 10.9 Å². The van der Waals surface area contributed by atoms with E-state index < -0.39 is 0 Å². The summed E-state index contributed by atoms with van der Waals surface area (Å²) < 4.78 is 13.8. The lowest BCUT2D eigenvalue weighted by atomic mass is 10.1. The zero-order chi connectivity index (χ0) is 20.4. The van der Waals surface area contributed by atoms with Gasteiger partial charge in [-0.1, -0.05) is 11.1 Å². The highest BCUT2D eigenvalue weighted by atomic mass is 16.5. The molecule has 4 heterocycles. The summed E-state index contributed by atoms with van der Waals surface area (Å²) in [6, 6.07) is 6.84. The van der Waals surface area contributed by atoms with Gasteiger partial charge in [-0.15, -0.1) is 0 Å². The van der Waals surface area contributed by atoms with Crippen LogP contribution in [0.25, 0.3) is 16.7 Å². The summed E-state index contributed by atoms with van der Waals surface area (Å²) in [5.41, 5.74) is 7.24. The topological polar surface area (TPSA) is 112 Å². The molecule has 3 N–H and O–H groups in total. The van der Waals surface area contributed by atoms with Crippen molar-refractivity contribution < 1.29 is 18.8 Å². The molecule has 3 aromatic heterocycles. The average Bonchev–Trinajstić information content (AvgIpc) is 3.25. The van der Waals surface area contributed by atoms with E-state index in [4.69, 9.17) is 15.2 Å². The van der Waals surface area contributed by atoms with E-state index in [0.29, 0.717) is 43.0 Å². The van der Waals surface area contributed by atoms with Crippen LogP contribution in [0.4, 0.5) is 5.82 Å². The zero-order valence-corrected chi connectivity index (χ0v) is 16.3. The van der Waals surface area contributed by atoms with Crippen molar-refractivity contribution in [1.29, 1.82) is 0 Å². The third-order valence-corrected chi connectivity index (χ3v) is 5.14. The molecule has 3 aromatic rings. The van der Waals surface area contributed by atoms with Gasteiger partial charge in [0, 0.05) is 26.5 Å². The minimum Gasteiger partial charge on any atom is -0.381 e. The molecule has 0 aromatic carbocycles. The lowest BCUT2D eigenvalue weighted by Gasteiger charge is -2.14. The maximum absolute atomic E-state index is 13.1. The Labute approximate surface area is 167 Å². The molecule has 1 fully saturated rings. The van der Waals surface area contributed by atoms with E-state index in [1.165, 1.54) is 10.5 Å². The fraction of sp³-hybridized carbons (Fsp3) is 0.400. The van der Waals surface area contributed by atoms with Gasteiger partial charge in [0.15, 0.2) is 0 Å². The van der Waals surface area contributed by atoms with Crippen LogP contribution in [-0.2, 0) is 16.0 Å². The third-order valence-electron chi connectivity index (χ3n) is 5.14. The number of nitrogens with one attached hydrogen (secondary N) is 1. The molecule has 0 saturated carbocycles. The van der Waals surface area contributed by atoms with Crippen molar-refractivity contribution in [2.45, 2.75) is 25.5 Å². The molecular weight excluding hydrogens is 374 g/mol. The Morgan fingerprint density at radius 2 is 2.34 bits per heavy atom. The minimum atomic E-state index is -0.344. The van der Waals surface area contributed by atoms with E-state index in [1.54, 1.807) is 30.0 Å². The number of carbonyl (C=O) groups is 1. The van der Waals surface area contributed by atoms with Crippen LogP contribution in [0.2, 0.25) is 0 Å². The summed E-state index contributed by atoms with van der Waals surface area (Å²) in [5.74, 6) is -0.102. The van der Waals surface area contributed by atoms with Gasteiger partial charge in [0.05, 0.1) is 19.3 Å². The van der Waals surface area contributed by atoms with E-state index in [2.05, 4.69) is 10.3 Å². The summed E-state index contributed by atoms with van der Waals surface area (Å²) in [4.78, 5) is 30.5. The molecule has 29 heavy (non-hydrogen) atoms. The largest absolute Gasteiger partial charge is 0.381 e. The predicted octanol–water partition coefficient (Wildman–Crippen LogP) is 0.273. The van der Waals surface area contributed by atoms with Crippen molar-refractivity contribution in [1.82, 2.24) is 14.7 Å². The molecule has 152 valence electrons. The lowest BCUT2D eigenvalue weighted by Crippen LogP contribution is -2.44. The Bertz CT molecular complexity index is 1120. The number of nitrogens with zero attached hydrogens (tertiary/aromatic N) is 3. The van der Waals surface area contributed by atoms with Crippen molar-refractivity contribution in [2.24, 2.45) is 0 Å². The molecule has 1 atom stereocenters. The number of aromatic nitrogens is 3. The number of rotatable bonds is 6. The molecular formula is C20H24N5O4+. The van der Waals surface area contributed by atoms with Crippen LogP contribution in [0.3, 0.4) is 0 Å². The van der Waals surface area contributed by atoms with Crippen molar-refractivity contribution in [3.8, 4) is 0 Å². The lowest BCUT2D eigenvalue weighted by molar-refractivity contribution is -0.660. The van der Waals surface area contributed by atoms with Crippen molar-refractivity contribution in [2.75, 3.05) is 32.6 Å². The molecule has 1 saturated heterocycles. The maximum Gasteiger partial charge on any atom is 0.278 e. The number of anilines is 1. The van der Waals surface area contributed by atoms with Crippen molar-refractivity contribution >= 4 is 28.4 Å². The second-order valence-corrected chi connectivity index (χ2v) is 7.02. The van der Waals surface area contributed by atoms with Gasteiger partial charge < -0.3 is 20.5 Å². The molecule has 0 bridgehead atoms. The number of hydrogen-bond acceptors (Lipinski definition) is 6. The molecule has 1 aliphatic rings. The van der Waals surface area contributed by atoms with Crippen LogP contribution in [0, 0.1) is 0 Å². The summed E-state index contributed by atoms with van der Waals surface area (Å²) in [6.45, 7) is 1.84. The monoisotopic (exact) mass is 398 g/mol. The summed E-state index contributed by atoms with van der Waals surface area (Å²) in [5, 5.41) is 3.19. The molecule has 1 aliphatic heterocycles. The van der Waals surface area contributed by atoms with Gasteiger partial charge in [-0.25, -0.2) is 4.57 Å². The quantitative estimate of drug-likeness (QED) is 0.455. The summed E-state index contributed by atoms with van der Waals surface area (Å²) >= 11 is 0. The maximum atomic E-state index is 13.1. The molecule has 9 nitrogen and oxygen atoms in total. The Hall–Kier alpha value is -3.04. The Morgan fingerprint density at radius 1 is 1.48 bits per heavy atom. The van der Waals surface area contributed by atoms with E-state index >= 15 is 0 Å². The van der Waals surface area contributed by atoms with Crippen molar-refractivity contribution in [3.63, 3.8) is 0 Å². The molecule has 9 heteroatoms. The highest BCUT2D eigenvalue weighted by Gasteiger charge is 2.25. The molecule has 0 radical (unpaired) electrons. The van der Waals surface area contributed by atoms with Crippen LogP contribution in [-0.4, -0.2) is 48.3 Å². The smallest absolute Gasteiger partial charge is 0.278 e. The third kappa shape index (κ3) is 3.66. The first-order chi connectivity index (χ1) is 14.1. The van der Waals surface area contributed by atoms with Crippen LogP contribution < -0.4 is 21.2 Å². The standard InChI is InChI=1S/C20H23N5O4/c1-28-10-8-25-17(21)14(19(26)22-12-13-5-4-9-29-13)11-15-18(25)23-16-6-2-3-7-24(16)20(15)27/h2-3,6-7,11,13,21H,4-5,8-10,12H2,1H3,(H,22,26)/p+1/t13-/m1/s1. The number of fused-ring (bicyclic) bond motifs is 2. The number of nitrogen functional groups attached to an aromatic ring is 1. The number of nitrogens with two attached hydrogens (primary N) is 1. The van der Waals surface area contributed by atoms with E-state index in [0.717, 1.165) is 12.8 Å². The molecule has 0 unspecified atom stereocenters. The SMILES string of the molecule is COCC[n+]1c(N)c(C(=O)NC[C@H]2CCCO2)cc2c(=O)n3ccccc3nc21. The number of amides is 1. The van der Waals surface area contributed by atoms with Crippen molar-refractivity contribution in [3.05, 3.63) is 46.4 Å². The Morgan fingerprint density at radius 3 is 3.10 bits per heavy atom. The number of hydrogen-bond donors (Lipinski definition) is 2. The average molecular weight is 398 g/mol. The van der Waals surface area contributed by atoms with Crippen LogP contribution in [0.1, 0.15) is 23.2 Å². The van der Waals surface area contributed by atoms with Gasteiger partial charge in [-0.05, 0) is 31.0 Å². The molecule has 0 aliphatic carbocycles. The number of carbonyl (C=O) groups excluding carboxylic acids is 1. The fourth-order valence-corrected chi connectivity index (χ4v) is 3.60. The van der Waals surface area contributed by atoms with Crippen LogP contribution in [0.5, 0.6) is 0 Å². The first-order valence-electron chi connectivity index (χ1n) is 9.62. The fourth-order valence-electron chi connectivity index (χ4n) is 3.60. The number of pyridine rings is 2. The predicted molar refractivity (Wildman–Crippen MR) is 107 cm³/mol. The van der Waals surface area contributed by atoms with E-state index in [9.17, 15) is 9.59 Å². The Kier molecular flexibility index (Phi) is 5.41. The molecule has 1 amide bonds. The first-order valence-corrected chi connectivity index (χ1v) is 9.62. The number of methoxy groups -OCH3 is 1. The summed E-state index contributed by atoms with van der Waals surface area (Å²) in [7, 11) is 1.58. The van der Waals surface area contributed by atoms with Crippen LogP contribution >= 0.6 is 0 Å². The van der Waals surface area contributed by atoms with Gasteiger partial charge in [-0.2, -0.15) is 0 Å². The van der Waals surface area contributed by atoms with E-state index in [1.807, 2.05) is 6.07 Å². The zero-order valence-electron chi connectivity index (χ0n) is 16.3. The van der Waals surface area contributed by atoms with Gasteiger partial charge in [-0.3, -0.25) is 14.0 Å². The second-order valence-electron chi connectivity index (χ2n) is 7.02. The minimum absolute atomic E-state index is 0.0116. The molecule has 0 spiro atoms. The number of ether oxygens (including phenoxy) is 2. The Balaban J connectivity index is 1.82. The van der Waals surface area contributed by atoms with Crippen LogP contribution in [0.15, 0.2) is 35.3 Å².